The van der Waals surface area contributed by atoms with Crippen LogP contribution in [0, 0.1) is 6.92 Å². The minimum Gasteiger partial charge on any atom is -0.494 e. The number of benzene rings is 1. The van der Waals surface area contributed by atoms with Crippen molar-refractivity contribution in [1.29, 1.82) is 0 Å². The third-order valence-electron chi connectivity index (χ3n) is 4.44. The molecule has 2 aromatic rings. The number of hydrogen-bond donors (Lipinski definition) is 0. The first-order chi connectivity index (χ1) is 14.4. The molecule has 0 spiro atoms. The van der Waals surface area contributed by atoms with E-state index < -0.39 is 0 Å². The van der Waals surface area contributed by atoms with Gasteiger partial charge in [0.05, 0.1) is 36.6 Å². The van der Waals surface area contributed by atoms with Gasteiger partial charge >= 0.3 is 5.97 Å². The molecule has 0 fully saturated rings. The van der Waals surface area contributed by atoms with Crippen molar-refractivity contribution in [2.75, 3.05) is 13.2 Å². The van der Waals surface area contributed by atoms with Crippen molar-refractivity contribution in [3.63, 3.8) is 0 Å². The zero-order chi connectivity index (χ0) is 21.9. The van der Waals surface area contributed by atoms with Crippen molar-refractivity contribution in [3.05, 3.63) is 63.1 Å². The van der Waals surface area contributed by atoms with Crippen LogP contribution in [-0.2, 0) is 20.9 Å². The van der Waals surface area contributed by atoms with Crippen LogP contribution in [-0.4, -0.2) is 30.3 Å². The smallest absolute Gasteiger partial charge is 0.333 e. The van der Waals surface area contributed by atoms with Gasteiger partial charge < -0.3 is 14.2 Å². The maximum Gasteiger partial charge on any atom is 0.333 e. The Morgan fingerprint density at radius 1 is 1.17 bits per heavy atom. The van der Waals surface area contributed by atoms with E-state index in [2.05, 4.69) is 4.98 Å². The van der Waals surface area contributed by atoms with E-state index >= 15 is 0 Å². The Bertz CT molecular complexity index is 868. The number of rotatable bonds is 11. The normalized spacial score (nSPS) is 13.2. The molecule has 0 amide bonds. The summed E-state index contributed by atoms with van der Waals surface area (Å²) in [6.07, 6.45) is 4.32. The number of aryl methyl sites for hydroxylation is 1. The van der Waals surface area contributed by atoms with Gasteiger partial charge in [0.2, 0.25) is 0 Å². The number of carbonyl (C=O) groups excluding carboxylic acids is 1. The molecule has 0 saturated carbocycles. The maximum absolute atomic E-state index is 11.9. The molecule has 0 bridgehead atoms. The van der Waals surface area contributed by atoms with Crippen molar-refractivity contribution >= 4 is 23.4 Å². The van der Waals surface area contributed by atoms with Crippen LogP contribution in [0.3, 0.4) is 0 Å². The van der Waals surface area contributed by atoms with Crippen molar-refractivity contribution < 1.29 is 19.0 Å². The molecule has 2 rings (SSSR count). The quantitative estimate of drug-likeness (QED) is 0.337. The van der Waals surface area contributed by atoms with Crippen LogP contribution in [0.15, 0.2) is 46.9 Å². The first-order valence-electron chi connectivity index (χ1n) is 10.2. The Morgan fingerprint density at radius 2 is 1.90 bits per heavy atom. The fourth-order valence-corrected chi connectivity index (χ4v) is 3.39. The maximum atomic E-state index is 11.9. The average Bonchev–Trinajstić information content (AvgIpc) is 3.13. The Labute approximate surface area is 183 Å². The summed E-state index contributed by atoms with van der Waals surface area (Å²) in [7, 11) is 0. The molecule has 0 aliphatic rings. The molecule has 0 aliphatic heterocycles. The Balaban J connectivity index is 2.12. The van der Waals surface area contributed by atoms with E-state index in [1.54, 1.807) is 25.2 Å². The number of carbonyl (C=O) groups is 1. The van der Waals surface area contributed by atoms with Gasteiger partial charge in [0.25, 0.3) is 0 Å². The lowest BCUT2D eigenvalue weighted by Gasteiger charge is -2.18. The summed E-state index contributed by atoms with van der Waals surface area (Å²) in [5.74, 6) is 0.556. The van der Waals surface area contributed by atoms with E-state index in [-0.39, 0.29) is 12.1 Å². The van der Waals surface area contributed by atoms with Crippen LogP contribution in [0.2, 0.25) is 0 Å². The van der Waals surface area contributed by atoms with Crippen LogP contribution in [0.25, 0.3) is 6.08 Å². The molecule has 5 nitrogen and oxygen atoms in total. The number of nitrogens with zero attached hydrogens (tertiary/aromatic N) is 1. The van der Waals surface area contributed by atoms with Crippen molar-refractivity contribution in [2.24, 2.45) is 0 Å². The van der Waals surface area contributed by atoms with Gasteiger partial charge in [-0.1, -0.05) is 18.2 Å². The summed E-state index contributed by atoms with van der Waals surface area (Å²) in [6, 6.07) is 7.90. The second-order valence-corrected chi connectivity index (χ2v) is 7.96. The molecule has 1 aromatic carbocycles. The van der Waals surface area contributed by atoms with Crippen molar-refractivity contribution in [3.8, 4) is 5.75 Å². The van der Waals surface area contributed by atoms with E-state index in [9.17, 15) is 4.79 Å². The predicted molar refractivity (Wildman–Crippen MR) is 122 cm³/mol. The Hall–Kier alpha value is -2.44. The van der Waals surface area contributed by atoms with Gasteiger partial charge in [-0.05, 0) is 70.4 Å². The lowest BCUT2D eigenvalue weighted by Crippen LogP contribution is -2.15. The second-order valence-electron chi connectivity index (χ2n) is 6.90. The highest BCUT2D eigenvalue weighted by Crippen LogP contribution is 2.20. The van der Waals surface area contributed by atoms with E-state index in [0.29, 0.717) is 31.8 Å². The van der Waals surface area contributed by atoms with Crippen LogP contribution in [0.5, 0.6) is 5.75 Å². The molecule has 0 unspecified atom stereocenters. The van der Waals surface area contributed by atoms with Gasteiger partial charge in [-0.3, -0.25) is 0 Å². The Morgan fingerprint density at radius 3 is 2.50 bits per heavy atom. The highest BCUT2D eigenvalue weighted by atomic mass is 32.1. The first kappa shape index (κ1) is 23.8. The van der Waals surface area contributed by atoms with E-state index in [0.717, 1.165) is 27.6 Å². The summed E-state index contributed by atoms with van der Waals surface area (Å²) in [5.41, 5.74) is 3.63. The molecular weight excluding hydrogens is 398 g/mol. The van der Waals surface area contributed by atoms with E-state index in [1.807, 2.05) is 62.6 Å². The van der Waals surface area contributed by atoms with Gasteiger partial charge in [-0.2, -0.15) is 0 Å². The highest BCUT2D eigenvalue weighted by Gasteiger charge is 2.13. The second kappa shape index (κ2) is 12.3. The molecule has 0 saturated heterocycles. The van der Waals surface area contributed by atoms with Crippen molar-refractivity contribution in [1.82, 2.24) is 4.98 Å². The van der Waals surface area contributed by atoms with Crippen LogP contribution >= 0.6 is 11.3 Å². The molecule has 0 aliphatic carbocycles. The summed E-state index contributed by atoms with van der Waals surface area (Å²) in [5, 5.41) is 3.06. The number of esters is 1. The number of hydrogen-bond acceptors (Lipinski definition) is 6. The zero-order valence-corrected chi connectivity index (χ0v) is 19.3. The lowest BCUT2D eigenvalue weighted by molar-refractivity contribution is -0.138. The van der Waals surface area contributed by atoms with Gasteiger partial charge in [-0.25, -0.2) is 9.78 Å². The third-order valence-corrected chi connectivity index (χ3v) is 5.23. The zero-order valence-electron chi connectivity index (χ0n) is 18.4. The molecule has 0 N–H and O–H groups in total. The summed E-state index contributed by atoms with van der Waals surface area (Å²) >= 11 is 1.62. The fourth-order valence-electron chi connectivity index (χ4n) is 2.82. The minimum atomic E-state index is -0.292. The molecule has 30 heavy (non-hydrogen) atoms. The third kappa shape index (κ3) is 7.76. The SMILES string of the molecule is CCOC(=O)C(C)=CC[C@H](OCc1ccc(OCC)cc1)C(C)=Cc1csc(C)n1. The van der Waals surface area contributed by atoms with Crippen LogP contribution in [0.4, 0.5) is 0 Å². The molecule has 0 radical (unpaired) electrons. The summed E-state index contributed by atoms with van der Waals surface area (Å²) < 4.78 is 16.8. The number of thiazole rings is 1. The minimum absolute atomic E-state index is 0.178. The standard InChI is InChI=1S/C24H31NO4S/c1-6-27-22-11-9-20(10-12-22)15-29-23(13-8-17(3)24(26)28-7-2)18(4)14-21-16-30-19(5)25-21/h8-12,14,16,23H,6-7,13,15H2,1-5H3/t23-/m0/s1. The average molecular weight is 430 g/mol. The molecule has 6 heteroatoms. The fraction of sp³-hybridized carbons (Fsp3) is 0.417. The predicted octanol–water partition coefficient (Wildman–Crippen LogP) is 5.74. The van der Waals surface area contributed by atoms with Gasteiger partial charge in [0.15, 0.2) is 0 Å². The monoisotopic (exact) mass is 429 g/mol. The number of aromatic nitrogens is 1. The largest absolute Gasteiger partial charge is 0.494 e. The van der Waals surface area contributed by atoms with E-state index in [4.69, 9.17) is 14.2 Å². The Kier molecular flexibility index (Phi) is 9.77. The molecule has 1 aromatic heterocycles. The first-order valence-corrected chi connectivity index (χ1v) is 11.1. The van der Waals surface area contributed by atoms with Crippen LogP contribution < -0.4 is 4.74 Å². The molecule has 162 valence electrons. The molecule has 1 atom stereocenters. The summed E-state index contributed by atoms with van der Waals surface area (Å²) in [4.78, 5) is 16.4. The topological polar surface area (TPSA) is 57.7 Å². The number of ether oxygens (including phenoxy) is 3. The van der Waals surface area contributed by atoms with Gasteiger partial charge in [0.1, 0.15) is 5.75 Å². The molecule has 1 heterocycles. The van der Waals surface area contributed by atoms with Gasteiger partial charge in [0, 0.05) is 11.0 Å². The van der Waals surface area contributed by atoms with Gasteiger partial charge in [-0.15, -0.1) is 11.3 Å². The van der Waals surface area contributed by atoms with Crippen LogP contribution in [0.1, 0.15) is 50.4 Å². The lowest BCUT2D eigenvalue weighted by atomic mass is 10.1. The van der Waals surface area contributed by atoms with Crippen molar-refractivity contribution in [2.45, 2.75) is 53.8 Å². The van der Waals surface area contributed by atoms with E-state index in [1.165, 1.54) is 0 Å². The summed E-state index contributed by atoms with van der Waals surface area (Å²) in [6.45, 7) is 11.0. The highest BCUT2D eigenvalue weighted by molar-refractivity contribution is 7.09. The molecular formula is C24H31NO4S.